The molecule has 1 aliphatic heterocycles. The van der Waals surface area contributed by atoms with Gasteiger partial charge in [0.1, 0.15) is 0 Å². The van der Waals surface area contributed by atoms with Gasteiger partial charge in [-0.25, -0.2) is 0 Å². The molecule has 0 spiro atoms. The minimum Gasteiger partial charge on any atom is -0.466 e. The van der Waals surface area contributed by atoms with Crippen LogP contribution in [-0.4, -0.2) is 41.0 Å². The number of likely N-dealkylation sites (tertiary alicyclic amines) is 1. The minimum absolute atomic E-state index is 0.0269. The van der Waals surface area contributed by atoms with Gasteiger partial charge in [-0.1, -0.05) is 0 Å². The highest BCUT2D eigenvalue weighted by molar-refractivity contribution is 5.96. The molecule has 0 N–H and O–H groups in total. The van der Waals surface area contributed by atoms with E-state index in [1.807, 2.05) is 26.8 Å². The van der Waals surface area contributed by atoms with Crippen LogP contribution in [0, 0.1) is 19.8 Å². The van der Waals surface area contributed by atoms with Crippen LogP contribution in [0.1, 0.15) is 61.4 Å². The Labute approximate surface area is 138 Å². The van der Waals surface area contributed by atoms with Gasteiger partial charge in [0.2, 0.25) is 0 Å². The molecular weight excluding hydrogens is 292 g/mol. The summed E-state index contributed by atoms with van der Waals surface area (Å²) >= 11 is 0. The smallest absolute Gasteiger partial charge is 0.310 e. The number of piperidine rings is 1. The largest absolute Gasteiger partial charge is 0.466 e. The summed E-state index contributed by atoms with van der Waals surface area (Å²) in [5, 5.41) is 0. The van der Waals surface area contributed by atoms with E-state index in [1.165, 1.54) is 0 Å². The van der Waals surface area contributed by atoms with Crippen LogP contribution in [0.25, 0.3) is 0 Å². The number of nitrogens with zero attached hydrogens (tertiary/aromatic N) is 2. The molecule has 0 saturated carbocycles. The SMILES string of the molecule is CCOC(=O)C1CCCN(C(=O)c2cc(C)n(C(C)C)c2C)C1. The molecule has 0 radical (unpaired) electrons. The number of aryl methyl sites for hydroxylation is 1. The molecule has 128 valence electrons. The number of esters is 1. The molecule has 1 atom stereocenters. The van der Waals surface area contributed by atoms with Crippen molar-refractivity contribution in [3.05, 3.63) is 23.0 Å². The molecule has 2 heterocycles. The Morgan fingerprint density at radius 2 is 2.04 bits per heavy atom. The van der Waals surface area contributed by atoms with Crippen LogP contribution in [0.4, 0.5) is 0 Å². The Bertz CT molecular complexity index is 589. The lowest BCUT2D eigenvalue weighted by Gasteiger charge is -2.31. The third-order valence-electron chi connectivity index (χ3n) is 4.56. The number of carbonyl (C=O) groups excluding carboxylic acids is 2. The fourth-order valence-corrected chi connectivity index (χ4v) is 3.57. The van der Waals surface area contributed by atoms with Crippen LogP contribution < -0.4 is 0 Å². The second-order valence-corrected chi connectivity index (χ2v) is 6.59. The molecular formula is C18H28N2O3. The average molecular weight is 320 g/mol. The Kier molecular flexibility index (Phi) is 5.50. The lowest BCUT2D eigenvalue weighted by Crippen LogP contribution is -2.43. The summed E-state index contributed by atoms with van der Waals surface area (Å²) in [5.41, 5.74) is 2.85. The number of aromatic nitrogens is 1. The predicted molar refractivity (Wildman–Crippen MR) is 89.6 cm³/mol. The fourth-order valence-electron chi connectivity index (χ4n) is 3.57. The lowest BCUT2D eigenvalue weighted by molar-refractivity contribution is -0.149. The zero-order valence-electron chi connectivity index (χ0n) is 14.9. The fraction of sp³-hybridized carbons (Fsp3) is 0.667. The second kappa shape index (κ2) is 7.20. The molecule has 1 unspecified atom stereocenters. The van der Waals surface area contributed by atoms with Gasteiger partial charge in [-0.3, -0.25) is 9.59 Å². The van der Waals surface area contributed by atoms with Crippen molar-refractivity contribution in [3.8, 4) is 0 Å². The van der Waals surface area contributed by atoms with Crippen molar-refractivity contribution in [1.82, 2.24) is 9.47 Å². The topological polar surface area (TPSA) is 51.5 Å². The molecule has 1 aliphatic rings. The maximum Gasteiger partial charge on any atom is 0.310 e. The van der Waals surface area contributed by atoms with Gasteiger partial charge in [-0.15, -0.1) is 0 Å². The summed E-state index contributed by atoms with van der Waals surface area (Å²) in [6, 6.07) is 2.29. The van der Waals surface area contributed by atoms with Crippen molar-refractivity contribution >= 4 is 11.9 Å². The molecule has 1 fully saturated rings. The van der Waals surface area contributed by atoms with Gasteiger partial charge in [0, 0.05) is 30.5 Å². The second-order valence-electron chi connectivity index (χ2n) is 6.59. The molecule has 5 nitrogen and oxygen atoms in total. The normalized spacial score (nSPS) is 18.3. The number of rotatable bonds is 4. The van der Waals surface area contributed by atoms with E-state index in [-0.39, 0.29) is 17.8 Å². The molecule has 1 amide bonds. The number of hydrogen-bond donors (Lipinski definition) is 0. The van der Waals surface area contributed by atoms with E-state index in [2.05, 4.69) is 18.4 Å². The Balaban J connectivity index is 2.17. The van der Waals surface area contributed by atoms with Crippen LogP contribution in [0.5, 0.6) is 0 Å². The van der Waals surface area contributed by atoms with Crippen LogP contribution in [0.3, 0.4) is 0 Å². The van der Waals surface area contributed by atoms with Crippen LogP contribution in [0.15, 0.2) is 6.07 Å². The van der Waals surface area contributed by atoms with E-state index in [9.17, 15) is 9.59 Å². The average Bonchev–Trinajstić information content (AvgIpc) is 2.81. The molecule has 0 aliphatic carbocycles. The van der Waals surface area contributed by atoms with Crippen LogP contribution in [0.2, 0.25) is 0 Å². The first-order valence-electron chi connectivity index (χ1n) is 8.51. The van der Waals surface area contributed by atoms with Gasteiger partial charge < -0.3 is 14.2 Å². The zero-order valence-corrected chi connectivity index (χ0v) is 14.9. The summed E-state index contributed by atoms with van der Waals surface area (Å²) in [6.45, 7) is 11.6. The molecule has 1 saturated heterocycles. The Morgan fingerprint density at radius 3 is 2.61 bits per heavy atom. The van der Waals surface area contributed by atoms with Crippen molar-refractivity contribution in [1.29, 1.82) is 0 Å². The van der Waals surface area contributed by atoms with Gasteiger partial charge in [0.15, 0.2) is 0 Å². The first-order chi connectivity index (χ1) is 10.9. The van der Waals surface area contributed by atoms with E-state index in [1.54, 1.807) is 4.90 Å². The van der Waals surface area contributed by atoms with Crippen molar-refractivity contribution in [2.45, 2.75) is 53.5 Å². The molecule has 1 aromatic heterocycles. The highest BCUT2D eigenvalue weighted by Gasteiger charge is 2.31. The van der Waals surface area contributed by atoms with Gasteiger partial charge in [-0.2, -0.15) is 0 Å². The first kappa shape index (κ1) is 17.6. The predicted octanol–water partition coefficient (Wildman–Crippen LogP) is 3.10. The van der Waals surface area contributed by atoms with Gasteiger partial charge in [0.25, 0.3) is 5.91 Å². The maximum atomic E-state index is 12.9. The summed E-state index contributed by atoms with van der Waals surface area (Å²) in [5.74, 6) is -0.349. The number of carbonyl (C=O) groups is 2. The molecule has 5 heteroatoms. The van der Waals surface area contributed by atoms with Crippen molar-refractivity contribution < 1.29 is 14.3 Å². The standard InChI is InChI=1S/C18H28N2O3/c1-6-23-18(22)15-8-7-9-19(11-15)17(21)16-10-13(4)20(12(2)3)14(16)5/h10,12,15H,6-9,11H2,1-5H3. The van der Waals surface area contributed by atoms with Crippen LogP contribution in [-0.2, 0) is 9.53 Å². The molecule has 2 rings (SSSR count). The summed E-state index contributed by atoms with van der Waals surface area (Å²) in [7, 11) is 0. The van der Waals surface area contributed by atoms with Crippen molar-refractivity contribution in [2.24, 2.45) is 5.92 Å². The first-order valence-corrected chi connectivity index (χ1v) is 8.51. The van der Waals surface area contributed by atoms with E-state index in [0.717, 1.165) is 29.8 Å². The summed E-state index contributed by atoms with van der Waals surface area (Å²) in [4.78, 5) is 26.7. The van der Waals surface area contributed by atoms with E-state index < -0.39 is 0 Å². The molecule has 0 bridgehead atoms. The maximum absolute atomic E-state index is 12.9. The van der Waals surface area contributed by atoms with E-state index in [0.29, 0.717) is 25.7 Å². The van der Waals surface area contributed by atoms with Crippen LogP contribution >= 0.6 is 0 Å². The van der Waals surface area contributed by atoms with E-state index >= 15 is 0 Å². The molecule has 1 aromatic rings. The number of ether oxygens (including phenoxy) is 1. The van der Waals surface area contributed by atoms with E-state index in [4.69, 9.17) is 4.74 Å². The molecule has 0 aromatic carbocycles. The number of hydrogen-bond acceptors (Lipinski definition) is 3. The monoisotopic (exact) mass is 320 g/mol. The number of amides is 1. The highest BCUT2D eigenvalue weighted by Crippen LogP contribution is 2.24. The quantitative estimate of drug-likeness (QED) is 0.801. The molecule has 23 heavy (non-hydrogen) atoms. The summed E-state index contributed by atoms with van der Waals surface area (Å²) < 4.78 is 7.29. The van der Waals surface area contributed by atoms with Crippen molar-refractivity contribution in [3.63, 3.8) is 0 Å². The third kappa shape index (κ3) is 3.59. The van der Waals surface area contributed by atoms with Gasteiger partial charge in [0.05, 0.1) is 18.1 Å². The van der Waals surface area contributed by atoms with Gasteiger partial charge in [-0.05, 0) is 53.5 Å². The Morgan fingerprint density at radius 1 is 1.35 bits per heavy atom. The third-order valence-corrected chi connectivity index (χ3v) is 4.56. The summed E-state index contributed by atoms with van der Waals surface area (Å²) in [6.07, 6.45) is 1.64. The zero-order chi connectivity index (χ0) is 17.1. The lowest BCUT2D eigenvalue weighted by atomic mass is 9.97. The van der Waals surface area contributed by atoms with Gasteiger partial charge >= 0.3 is 5.97 Å². The Hall–Kier alpha value is -1.78. The minimum atomic E-state index is -0.193. The van der Waals surface area contributed by atoms with Crippen molar-refractivity contribution in [2.75, 3.05) is 19.7 Å². The highest BCUT2D eigenvalue weighted by atomic mass is 16.5.